The molecule has 1 aliphatic carbocycles. The van der Waals surface area contributed by atoms with Crippen LogP contribution in [0.5, 0.6) is 0 Å². The summed E-state index contributed by atoms with van der Waals surface area (Å²) in [5.41, 5.74) is 1.07. The van der Waals surface area contributed by atoms with E-state index in [1.54, 1.807) is 0 Å². The van der Waals surface area contributed by atoms with Gasteiger partial charge >= 0.3 is 0 Å². The quantitative estimate of drug-likeness (QED) is 0.783. The summed E-state index contributed by atoms with van der Waals surface area (Å²) in [7, 11) is 0. The summed E-state index contributed by atoms with van der Waals surface area (Å²) in [6.07, 6.45) is 2.04. The first-order chi connectivity index (χ1) is 8.24. The molecule has 3 nitrogen and oxygen atoms in total. The summed E-state index contributed by atoms with van der Waals surface area (Å²) >= 11 is 5.78. The van der Waals surface area contributed by atoms with Gasteiger partial charge in [-0.05, 0) is 30.5 Å². The molecule has 1 aromatic rings. The normalized spacial score (nSPS) is 17.1. The third-order valence-corrected chi connectivity index (χ3v) is 2.96. The van der Waals surface area contributed by atoms with Crippen molar-refractivity contribution in [3.8, 4) is 0 Å². The molecule has 0 amide bonds. The van der Waals surface area contributed by atoms with Crippen molar-refractivity contribution in [2.75, 3.05) is 13.2 Å². The molecule has 0 saturated heterocycles. The average molecular weight is 256 g/mol. The molecule has 4 heteroatoms. The zero-order valence-electron chi connectivity index (χ0n) is 9.73. The number of benzene rings is 1. The average Bonchev–Trinajstić information content (AvgIpc) is 3.13. The van der Waals surface area contributed by atoms with Gasteiger partial charge in [0.2, 0.25) is 0 Å². The van der Waals surface area contributed by atoms with Crippen LogP contribution in [0.2, 0.25) is 5.02 Å². The Balaban J connectivity index is 1.59. The Morgan fingerprint density at radius 3 is 2.71 bits per heavy atom. The number of hydrogen-bond acceptors (Lipinski definition) is 3. The van der Waals surface area contributed by atoms with E-state index in [9.17, 15) is 5.11 Å². The van der Waals surface area contributed by atoms with Crippen LogP contribution in [0.1, 0.15) is 18.4 Å². The molecule has 94 valence electrons. The third kappa shape index (κ3) is 5.04. The summed E-state index contributed by atoms with van der Waals surface area (Å²) < 4.78 is 5.44. The smallest absolute Gasteiger partial charge is 0.0897 e. The maximum absolute atomic E-state index is 9.64. The van der Waals surface area contributed by atoms with Gasteiger partial charge < -0.3 is 15.2 Å². The molecular weight excluding hydrogens is 238 g/mol. The molecule has 1 fully saturated rings. The highest BCUT2D eigenvalue weighted by Gasteiger charge is 2.21. The maximum atomic E-state index is 9.64. The van der Waals surface area contributed by atoms with Crippen molar-refractivity contribution in [1.82, 2.24) is 5.32 Å². The number of hydrogen-bond donors (Lipinski definition) is 2. The zero-order chi connectivity index (χ0) is 12.1. The van der Waals surface area contributed by atoms with E-state index in [2.05, 4.69) is 5.32 Å². The number of nitrogens with one attached hydrogen (secondary N) is 1. The number of aliphatic hydroxyl groups is 1. The minimum absolute atomic E-state index is 0.363. The van der Waals surface area contributed by atoms with E-state index in [0.29, 0.717) is 25.8 Å². The molecule has 1 saturated carbocycles. The molecule has 1 aromatic carbocycles. The standard InChI is InChI=1S/C13H18ClNO2/c14-11-3-1-10(2-4-11)8-17-9-13(16)7-15-12-5-6-12/h1-4,12-13,15-16H,5-9H2. The summed E-state index contributed by atoms with van der Waals surface area (Å²) in [6.45, 7) is 1.49. The predicted octanol–water partition coefficient (Wildman–Crippen LogP) is 1.97. The van der Waals surface area contributed by atoms with Gasteiger partial charge in [0.15, 0.2) is 0 Å². The lowest BCUT2D eigenvalue weighted by molar-refractivity contribution is 0.0287. The predicted molar refractivity (Wildman–Crippen MR) is 68.1 cm³/mol. The minimum Gasteiger partial charge on any atom is -0.389 e. The molecular formula is C13H18ClNO2. The molecule has 0 bridgehead atoms. The van der Waals surface area contributed by atoms with E-state index in [4.69, 9.17) is 16.3 Å². The fraction of sp³-hybridized carbons (Fsp3) is 0.538. The van der Waals surface area contributed by atoms with Gasteiger partial charge in [-0.25, -0.2) is 0 Å². The van der Waals surface area contributed by atoms with Gasteiger partial charge in [0.05, 0.1) is 19.3 Å². The Morgan fingerprint density at radius 1 is 1.35 bits per heavy atom. The van der Waals surface area contributed by atoms with Gasteiger partial charge in [0, 0.05) is 17.6 Å². The second-order valence-corrected chi connectivity index (χ2v) is 4.91. The van der Waals surface area contributed by atoms with Crippen LogP contribution in [0.15, 0.2) is 24.3 Å². The Kier molecular flexibility index (Phi) is 4.80. The number of rotatable bonds is 7. The van der Waals surface area contributed by atoms with Crippen molar-refractivity contribution in [3.05, 3.63) is 34.9 Å². The summed E-state index contributed by atoms with van der Waals surface area (Å²) in [6, 6.07) is 8.16. The molecule has 1 unspecified atom stereocenters. The first kappa shape index (κ1) is 12.8. The summed E-state index contributed by atoms with van der Waals surface area (Å²) in [4.78, 5) is 0. The highest BCUT2D eigenvalue weighted by Crippen LogP contribution is 2.18. The molecule has 0 aliphatic heterocycles. The zero-order valence-corrected chi connectivity index (χ0v) is 10.5. The third-order valence-electron chi connectivity index (χ3n) is 2.71. The molecule has 2 N–H and O–H groups in total. The van der Waals surface area contributed by atoms with Crippen molar-refractivity contribution >= 4 is 11.6 Å². The lowest BCUT2D eigenvalue weighted by atomic mass is 10.2. The minimum atomic E-state index is -0.428. The van der Waals surface area contributed by atoms with E-state index in [1.807, 2.05) is 24.3 Å². The van der Waals surface area contributed by atoms with Crippen molar-refractivity contribution in [2.24, 2.45) is 0 Å². The van der Waals surface area contributed by atoms with Crippen LogP contribution < -0.4 is 5.32 Å². The van der Waals surface area contributed by atoms with Crippen LogP contribution in [-0.2, 0) is 11.3 Å². The number of halogens is 1. The second kappa shape index (κ2) is 6.36. The number of ether oxygens (including phenoxy) is 1. The Labute approximate surface area is 107 Å². The first-order valence-corrected chi connectivity index (χ1v) is 6.35. The molecule has 0 radical (unpaired) electrons. The molecule has 0 spiro atoms. The molecule has 1 aliphatic rings. The van der Waals surface area contributed by atoms with Crippen LogP contribution in [0.3, 0.4) is 0 Å². The largest absolute Gasteiger partial charge is 0.389 e. The van der Waals surface area contributed by atoms with Gasteiger partial charge in [0.1, 0.15) is 0 Å². The monoisotopic (exact) mass is 255 g/mol. The highest BCUT2D eigenvalue weighted by atomic mass is 35.5. The van der Waals surface area contributed by atoms with Gasteiger partial charge in [-0.15, -0.1) is 0 Å². The Hall–Kier alpha value is -0.610. The van der Waals surface area contributed by atoms with Crippen LogP contribution >= 0.6 is 11.6 Å². The molecule has 0 heterocycles. The summed E-state index contributed by atoms with van der Waals surface area (Å²) in [5, 5.41) is 13.6. The van der Waals surface area contributed by atoms with E-state index >= 15 is 0 Å². The Morgan fingerprint density at radius 2 is 2.06 bits per heavy atom. The van der Waals surface area contributed by atoms with Crippen LogP contribution in [-0.4, -0.2) is 30.4 Å². The van der Waals surface area contributed by atoms with Gasteiger partial charge in [-0.2, -0.15) is 0 Å². The van der Waals surface area contributed by atoms with Crippen LogP contribution in [0, 0.1) is 0 Å². The SMILES string of the molecule is OC(CNC1CC1)COCc1ccc(Cl)cc1. The van der Waals surface area contributed by atoms with Gasteiger partial charge in [0.25, 0.3) is 0 Å². The Bertz CT molecular complexity index is 338. The topological polar surface area (TPSA) is 41.5 Å². The maximum Gasteiger partial charge on any atom is 0.0897 e. The van der Waals surface area contributed by atoms with Crippen LogP contribution in [0.4, 0.5) is 0 Å². The van der Waals surface area contributed by atoms with Gasteiger partial charge in [-0.1, -0.05) is 23.7 Å². The highest BCUT2D eigenvalue weighted by molar-refractivity contribution is 6.30. The molecule has 2 rings (SSSR count). The van der Waals surface area contributed by atoms with Crippen molar-refractivity contribution in [3.63, 3.8) is 0 Å². The van der Waals surface area contributed by atoms with Crippen molar-refractivity contribution < 1.29 is 9.84 Å². The molecule has 0 aromatic heterocycles. The lowest BCUT2D eigenvalue weighted by Crippen LogP contribution is -2.31. The van der Waals surface area contributed by atoms with E-state index < -0.39 is 6.10 Å². The van der Waals surface area contributed by atoms with Crippen molar-refractivity contribution in [1.29, 1.82) is 0 Å². The summed E-state index contributed by atoms with van der Waals surface area (Å²) in [5.74, 6) is 0. The van der Waals surface area contributed by atoms with Crippen LogP contribution in [0.25, 0.3) is 0 Å². The van der Waals surface area contributed by atoms with Gasteiger partial charge in [-0.3, -0.25) is 0 Å². The second-order valence-electron chi connectivity index (χ2n) is 4.48. The first-order valence-electron chi connectivity index (χ1n) is 5.97. The van der Waals surface area contributed by atoms with Crippen molar-refractivity contribution in [2.45, 2.75) is 31.6 Å². The fourth-order valence-electron chi connectivity index (χ4n) is 1.54. The number of aliphatic hydroxyl groups excluding tert-OH is 1. The fourth-order valence-corrected chi connectivity index (χ4v) is 1.67. The van der Waals surface area contributed by atoms with E-state index in [-0.39, 0.29) is 0 Å². The van der Waals surface area contributed by atoms with E-state index in [0.717, 1.165) is 10.6 Å². The van der Waals surface area contributed by atoms with E-state index in [1.165, 1.54) is 12.8 Å². The molecule has 17 heavy (non-hydrogen) atoms. The lowest BCUT2D eigenvalue weighted by Gasteiger charge is -2.12. The molecule has 1 atom stereocenters.